The van der Waals surface area contributed by atoms with Crippen molar-refractivity contribution in [2.24, 2.45) is 85.8 Å². The van der Waals surface area contributed by atoms with Crippen molar-refractivity contribution in [1.29, 1.82) is 0 Å². The van der Waals surface area contributed by atoms with Crippen LogP contribution in [0.3, 0.4) is 0 Å². The summed E-state index contributed by atoms with van der Waals surface area (Å²) < 4.78 is 77.8. The minimum atomic E-state index is -3.54. The maximum absolute atomic E-state index is 12.6. The van der Waals surface area contributed by atoms with Crippen LogP contribution >= 0.6 is 0 Å². The van der Waals surface area contributed by atoms with Crippen LogP contribution < -0.4 is 0 Å². The van der Waals surface area contributed by atoms with Gasteiger partial charge in [-0.05, 0) is 298 Å². The average molecular weight is 1630 g/mol. The highest BCUT2D eigenvalue weighted by Crippen LogP contribution is 2.64. The fourth-order valence-corrected chi connectivity index (χ4v) is 23.7. The molecule has 0 radical (unpaired) electrons. The van der Waals surface area contributed by atoms with Gasteiger partial charge >= 0.3 is 47.9 Å². The molecule has 0 spiro atoms. The minimum absolute atomic E-state index is 0.00648. The molecule has 23 nitrogen and oxygen atoms in total. The van der Waals surface area contributed by atoms with Crippen LogP contribution in [0.2, 0.25) is 0 Å². The third-order valence-electron chi connectivity index (χ3n) is 30.6. The van der Waals surface area contributed by atoms with Crippen molar-refractivity contribution >= 4 is 58.1 Å². The van der Waals surface area contributed by atoms with Gasteiger partial charge in [0.15, 0.2) is 0 Å². The first-order chi connectivity index (χ1) is 52.8. The predicted molar refractivity (Wildman–Crippen MR) is 428 cm³/mol. The first-order valence-electron chi connectivity index (χ1n) is 44.3. The van der Waals surface area contributed by atoms with Crippen LogP contribution in [0.1, 0.15) is 350 Å². The second kappa shape index (κ2) is 35.2. The summed E-state index contributed by atoms with van der Waals surface area (Å²) in [4.78, 5) is 95.7. The Morgan fingerprint density at radius 2 is 0.877 bits per heavy atom. The number of rotatable bonds is 23. The summed E-state index contributed by atoms with van der Waals surface area (Å²) >= 11 is 0. The molecule has 14 bridgehead atoms. The Kier molecular flexibility index (Phi) is 28.8. The zero-order valence-corrected chi connectivity index (χ0v) is 74.2. The molecule has 114 heavy (non-hydrogen) atoms. The number of carbonyl (C=O) groups is 8. The summed E-state index contributed by atoms with van der Waals surface area (Å²) in [5.74, 6) is 3.06. The maximum atomic E-state index is 12.6. The second-order valence-electron chi connectivity index (χ2n) is 41.9. The van der Waals surface area contributed by atoms with Crippen LogP contribution in [0.15, 0.2) is 0 Å². The number of fused-ring (bicyclic) bond motifs is 1. The standard InChI is InChI=1S/C18H30O2.C16H24O8S.C16H26O4.C16H26O3.C14H26O2.C10H16O4/c1-5-17(3,4)16(19)20-18(6-2)14-8-12-7-13(10-14)11-15(18)9-12;1-4-16(2,3)14(17)21-5-6-22-15(18)23-12-9-7-10-11(8-9)25(19,20)24-13(10)12;1-4-13(2,3)12(17)20-16-7-11-5-14(18,9-16)8-15(19,6-11)10-16;1-4-14(2,3)13(17)19-16-8-11-5-12(9-16)7-15(18,6-11)10-16;1-5-13(3,4)12(15)16-14(6-2)10-8-7-9-11-14;1-4-10(2,3)9(12)14-7-5-6-13-8(7)11/h12-15H,5-11H2,1-4H3;9-13H,4-8H2,1-3H3;11,18-19H,4-10H2,1-3H3;11-12,18H,4-10H2,1-3H3;5-11H2,1-4H3;7H,4-6H2,1-3H3. The van der Waals surface area contributed by atoms with Gasteiger partial charge in [-0.25, -0.2) is 9.59 Å². The average Bonchev–Trinajstić information content (AvgIpc) is 1.21. The molecule has 15 saturated carbocycles. The lowest BCUT2D eigenvalue weighted by molar-refractivity contribution is -0.264. The molecular formula is C90H148O23S. The molecule has 0 aromatic carbocycles. The van der Waals surface area contributed by atoms with E-state index >= 15 is 0 Å². The van der Waals surface area contributed by atoms with Crippen LogP contribution in [0.25, 0.3) is 0 Å². The summed E-state index contributed by atoms with van der Waals surface area (Å²) in [6, 6.07) is 0. The van der Waals surface area contributed by atoms with Crippen molar-refractivity contribution < 1.29 is 109 Å². The van der Waals surface area contributed by atoms with Gasteiger partial charge in [0.05, 0.1) is 61.1 Å². The third kappa shape index (κ3) is 21.0. The van der Waals surface area contributed by atoms with E-state index in [1.165, 1.54) is 57.8 Å². The summed E-state index contributed by atoms with van der Waals surface area (Å²) in [6.07, 6.45) is 27.2. The molecule has 17 fully saturated rings. The van der Waals surface area contributed by atoms with Gasteiger partial charge in [0.2, 0.25) is 6.10 Å². The number of hydrogen-bond acceptors (Lipinski definition) is 23. The van der Waals surface area contributed by atoms with Gasteiger partial charge in [0.1, 0.15) is 47.8 Å². The summed E-state index contributed by atoms with van der Waals surface area (Å²) in [5, 5.41) is 31.5. The smallest absolute Gasteiger partial charge is 0.463 e. The summed E-state index contributed by atoms with van der Waals surface area (Å²) in [6.45, 7) is 39.3. The Morgan fingerprint density at radius 1 is 0.447 bits per heavy atom. The van der Waals surface area contributed by atoms with Crippen LogP contribution in [0.4, 0.5) is 4.79 Å². The zero-order valence-electron chi connectivity index (χ0n) is 73.4. The van der Waals surface area contributed by atoms with E-state index in [2.05, 4.69) is 20.8 Å². The number of esters is 7. The molecule has 652 valence electrons. The molecule has 2 saturated heterocycles. The molecule has 0 amide bonds. The molecule has 2 heterocycles. The molecule has 3 N–H and O–H groups in total. The van der Waals surface area contributed by atoms with E-state index in [0.717, 1.165) is 108 Å². The number of aliphatic hydroxyl groups is 3. The van der Waals surface area contributed by atoms with Gasteiger partial charge in [-0.3, -0.25) is 33.0 Å². The van der Waals surface area contributed by atoms with E-state index in [4.69, 9.17) is 46.8 Å². The van der Waals surface area contributed by atoms with E-state index in [9.17, 15) is 62.1 Å². The third-order valence-corrected chi connectivity index (χ3v) is 32.3. The van der Waals surface area contributed by atoms with E-state index in [1.54, 1.807) is 27.7 Å². The monoisotopic (exact) mass is 1630 g/mol. The van der Waals surface area contributed by atoms with E-state index < -0.39 is 89.9 Å². The number of hydrogen-bond donors (Lipinski definition) is 3. The quantitative estimate of drug-likeness (QED) is 0.0370. The lowest BCUT2D eigenvalue weighted by atomic mass is 9.49. The highest BCUT2D eigenvalue weighted by Gasteiger charge is 2.68. The van der Waals surface area contributed by atoms with Crippen molar-refractivity contribution in [3.63, 3.8) is 0 Å². The van der Waals surface area contributed by atoms with Gasteiger partial charge in [-0.15, -0.1) is 0 Å². The number of carbonyl (C=O) groups excluding carboxylic acids is 8. The van der Waals surface area contributed by atoms with E-state index in [-0.39, 0.29) is 94.4 Å². The molecule has 0 aromatic rings. The lowest BCUT2D eigenvalue weighted by Crippen LogP contribution is -2.67. The largest absolute Gasteiger partial charge is 0.508 e. The van der Waals surface area contributed by atoms with Crippen LogP contribution in [-0.2, 0) is 90.5 Å². The van der Waals surface area contributed by atoms with Crippen molar-refractivity contribution in [2.75, 3.05) is 19.8 Å². The van der Waals surface area contributed by atoms with Gasteiger partial charge in [0, 0.05) is 43.9 Å². The summed E-state index contributed by atoms with van der Waals surface area (Å²) in [7, 11) is -3.54. The predicted octanol–water partition coefficient (Wildman–Crippen LogP) is 16.8. The Bertz CT molecular complexity index is 3460. The Morgan fingerprint density at radius 3 is 1.33 bits per heavy atom. The van der Waals surface area contributed by atoms with Crippen molar-refractivity contribution in [3.05, 3.63) is 0 Å². The zero-order chi connectivity index (χ0) is 84.7. The van der Waals surface area contributed by atoms with Crippen molar-refractivity contribution in [1.82, 2.24) is 0 Å². The highest BCUT2D eigenvalue weighted by molar-refractivity contribution is 7.87. The normalized spacial score (nSPS) is 36.3. The van der Waals surface area contributed by atoms with Crippen molar-refractivity contribution in [2.45, 2.75) is 413 Å². The molecular weight excluding hydrogens is 1480 g/mol. The number of cyclic esters (lactones) is 1. The molecule has 2 aliphatic heterocycles. The van der Waals surface area contributed by atoms with Crippen LogP contribution in [0, 0.1) is 85.8 Å². The molecule has 17 aliphatic rings. The minimum Gasteiger partial charge on any atom is -0.463 e. The Balaban J connectivity index is 0.000000158. The Hall–Kier alpha value is -4.65. The fourth-order valence-electron chi connectivity index (χ4n) is 21.8. The topological polar surface area (TPSA) is 324 Å². The maximum Gasteiger partial charge on any atom is 0.508 e. The molecule has 17 rings (SSSR count). The lowest BCUT2D eigenvalue weighted by Gasteiger charge is -2.62. The Labute approximate surface area is 682 Å². The number of ether oxygens (including phenoxy) is 9. The molecule has 24 heteroatoms. The molecule has 10 atom stereocenters. The second-order valence-corrected chi connectivity index (χ2v) is 43.6. The van der Waals surface area contributed by atoms with Gasteiger partial charge in [0.25, 0.3) is 10.1 Å². The van der Waals surface area contributed by atoms with Crippen LogP contribution in [-0.4, -0.2) is 154 Å². The molecule has 0 aromatic heterocycles. The SMILES string of the molecule is CCC(C)(C)C(=O)OC1(CC)C2CC3CC(C2)CC1C3.CCC(C)(C)C(=O)OC12CC3CC(CC(O)(C3)C1)C2.CCC(C)(C)C(=O)OC12CC3CC(O)(CC(O)(C3)C1)C2.CCC(C)(C)C(=O)OC1CCOC1=O.CCC(C)(C)C(=O)OCCOC(=O)OC1C2CC3C1OS(=O)(=O)C3C2.CCC1(OC(=O)C(C)(C)CC)CCCCC1. The van der Waals surface area contributed by atoms with E-state index in [0.29, 0.717) is 88.1 Å². The first-order valence-corrected chi connectivity index (χ1v) is 45.7. The molecule has 10 unspecified atom stereocenters. The van der Waals surface area contributed by atoms with E-state index in [1.807, 2.05) is 90.0 Å². The fraction of sp³-hybridized carbons (Fsp3) is 0.911. The van der Waals surface area contributed by atoms with Crippen molar-refractivity contribution in [3.8, 4) is 0 Å². The van der Waals surface area contributed by atoms with Gasteiger partial charge < -0.3 is 58.0 Å². The highest BCUT2D eigenvalue weighted by atomic mass is 32.2. The first kappa shape index (κ1) is 93.2. The van der Waals surface area contributed by atoms with Gasteiger partial charge in [-0.1, -0.05) is 61.8 Å². The van der Waals surface area contributed by atoms with Crippen LogP contribution in [0.5, 0.6) is 0 Å². The van der Waals surface area contributed by atoms with Gasteiger partial charge in [-0.2, -0.15) is 8.42 Å². The molecule has 15 aliphatic carbocycles. The summed E-state index contributed by atoms with van der Waals surface area (Å²) in [5.41, 5.74) is -6.21.